The van der Waals surface area contributed by atoms with Crippen LogP contribution in [0.1, 0.15) is 64.6 Å². The molecule has 1 saturated carbocycles. The van der Waals surface area contributed by atoms with E-state index in [9.17, 15) is 4.79 Å². The fraction of sp³-hybridized carbons (Fsp3) is 0.800. The van der Waals surface area contributed by atoms with E-state index in [1.54, 1.807) is 6.33 Å². The van der Waals surface area contributed by atoms with Crippen LogP contribution in [-0.2, 0) is 11.3 Å². The second-order valence-electron chi connectivity index (χ2n) is 6.92. The van der Waals surface area contributed by atoms with Gasteiger partial charge in [-0.3, -0.25) is 4.79 Å². The predicted molar refractivity (Wildman–Crippen MR) is 78.3 cm³/mol. The molecule has 20 heavy (non-hydrogen) atoms. The van der Waals surface area contributed by atoms with Crippen LogP contribution in [0, 0.1) is 5.41 Å². The van der Waals surface area contributed by atoms with Gasteiger partial charge in [0.2, 0.25) is 5.91 Å². The van der Waals surface area contributed by atoms with Crippen molar-refractivity contribution >= 4 is 5.91 Å². The molecule has 0 aromatic carbocycles. The van der Waals surface area contributed by atoms with Gasteiger partial charge in [0.25, 0.3) is 0 Å². The number of nitrogens with one attached hydrogen (secondary N) is 1. The van der Waals surface area contributed by atoms with Gasteiger partial charge < -0.3 is 9.88 Å². The Morgan fingerprint density at radius 1 is 1.45 bits per heavy atom. The number of carbonyl (C=O) groups is 1. The van der Waals surface area contributed by atoms with Gasteiger partial charge in [-0.15, -0.1) is 10.2 Å². The monoisotopic (exact) mass is 278 g/mol. The molecule has 5 heteroatoms. The van der Waals surface area contributed by atoms with E-state index in [1.807, 2.05) is 0 Å². The van der Waals surface area contributed by atoms with E-state index in [0.29, 0.717) is 24.3 Å². The van der Waals surface area contributed by atoms with Gasteiger partial charge in [0.1, 0.15) is 12.2 Å². The van der Waals surface area contributed by atoms with Crippen molar-refractivity contribution in [2.75, 3.05) is 6.54 Å². The number of nitrogens with zero attached hydrogens (tertiary/aromatic N) is 3. The summed E-state index contributed by atoms with van der Waals surface area (Å²) in [6.07, 6.45) is 6.86. The van der Waals surface area contributed by atoms with Gasteiger partial charge in [-0.1, -0.05) is 20.8 Å². The molecule has 5 nitrogen and oxygen atoms in total. The quantitative estimate of drug-likeness (QED) is 0.833. The molecular weight excluding hydrogens is 252 g/mol. The fourth-order valence-corrected chi connectivity index (χ4v) is 2.28. The number of aromatic nitrogens is 3. The summed E-state index contributed by atoms with van der Waals surface area (Å²) in [6.45, 7) is 8.04. The molecule has 2 rings (SSSR count). The van der Waals surface area contributed by atoms with E-state index in [4.69, 9.17) is 0 Å². The van der Waals surface area contributed by atoms with Gasteiger partial charge in [0, 0.05) is 25.4 Å². The van der Waals surface area contributed by atoms with Crippen molar-refractivity contribution in [3.63, 3.8) is 0 Å². The molecule has 0 bridgehead atoms. The molecule has 0 aliphatic heterocycles. The zero-order chi connectivity index (χ0) is 14.6. The van der Waals surface area contributed by atoms with Crippen molar-refractivity contribution in [1.29, 1.82) is 0 Å². The SMILES string of the molecule is CC(C)(C)CCCC(=O)NCCn1cnnc1C1CC1. The summed E-state index contributed by atoms with van der Waals surface area (Å²) >= 11 is 0. The second kappa shape index (κ2) is 6.37. The van der Waals surface area contributed by atoms with Gasteiger partial charge in [-0.2, -0.15) is 0 Å². The van der Waals surface area contributed by atoms with Crippen molar-refractivity contribution in [2.24, 2.45) is 5.41 Å². The zero-order valence-electron chi connectivity index (χ0n) is 12.9. The van der Waals surface area contributed by atoms with E-state index in [1.165, 1.54) is 12.8 Å². The normalized spacial score (nSPS) is 15.3. The Morgan fingerprint density at radius 3 is 2.85 bits per heavy atom. The number of hydrogen-bond acceptors (Lipinski definition) is 3. The molecule has 0 unspecified atom stereocenters. The van der Waals surface area contributed by atoms with E-state index in [-0.39, 0.29) is 5.91 Å². The molecular formula is C15H26N4O. The van der Waals surface area contributed by atoms with E-state index in [0.717, 1.165) is 25.2 Å². The van der Waals surface area contributed by atoms with Gasteiger partial charge in [-0.25, -0.2) is 0 Å². The third kappa shape index (κ3) is 4.94. The minimum Gasteiger partial charge on any atom is -0.354 e. The zero-order valence-corrected chi connectivity index (χ0v) is 12.9. The summed E-state index contributed by atoms with van der Waals surface area (Å²) in [5, 5.41) is 11.1. The first-order valence-corrected chi connectivity index (χ1v) is 7.60. The lowest BCUT2D eigenvalue weighted by atomic mass is 9.90. The van der Waals surface area contributed by atoms with Crippen LogP contribution in [0.2, 0.25) is 0 Å². The molecule has 1 N–H and O–H groups in total. The molecule has 0 radical (unpaired) electrons. The van der Waals surface area contributed by atoms with Gasteiger partial charge in [0.15, 0.2) is 0 Å². The smallest absolute Gasteiger partial charge is 0.220 e. The maximum absolute atomic E-state index is 11.7. The summed E-state index contributed by atoms with van der Waals surface area (Å²) in [7, 11) is 0. The van der Waals surface area contributed by atoms with Crippen LogP contribution in [0.15, 0.2) is 6.33 Å². The first-order chi connectivity index (χ1) is 9.46. The summed E-state index contributed by atoms with van der Waals surface area (Å²) < 4.78 is 2.06. The molecule has 1 heterocycles. The molecule has 1 aromatic rings. The Labute approximate surface area is 121 Å². The largest absolute Gasteiger partial charge is 0.354 e. The molecule has 1 fully saturated rings. The highest BCUT2D eigenvalue weighted by molar-refractivity contribution is 5.75. The number of amides is 1. The Morgan fingerprint density at radius 2 is 2.20 bits per heavy atom. The highest BCUT2D eigenvalue weighted by Crippen LogP contribution is 2.38. The summed E-state index contributed by atoms with van der Waals surface area (Å²) in [5.74, 6) is 1.82. The predicted octanol–water partition coefficient (Wildman–Crippen LogP) is 2.49. The van der Waals surface area contributed by atoms with Gasteiger partial charge in [-0.05, 0) is 31.1 Å². The summed E-state index contributed by atoms with van der Waals surface area (Å²) in [5.41, 5.74) is 0.307. The van der Waals surface area contributed by atoms with Crippen LogP contribution in [0.3, 0.4) is 0 Å². The first kappa shape index (κ1) is 15.0. The van der Waals surface area contributed by atoms with Crippen molar-refractivity contribution in [1.82, 2.24) is 20.1 Å². The Kier molecular flexibility index (Phi) is 4.78. The fourth-order valence-electron chi connectivity index (χ4n) is 2.28. The molecule has 0 saturated heterocycles. The minimum atomic E-state index is 0.148. The van der Waals surface area contributed by atoms with Crippen molar-refractivity contribution in [3.8, 4) is 0 Å². The highest BCUT2D eigenvalue weighted by atomic mass is 16.1. The second-order valence-corrected chi connectivity index (χ2v) is 6.92. The maximum Gasteiger partial charge on any atom is 0.220 e. The average Bonchev–Trinajstić information content (AvgIpc) is 3.08. The van der Waals surface area contributed by atoms with Crippen molar-refractivity contribution in [2.45, 2.75) is 65.3 Å². The Balaban J connectivity index is 1.62. The molecule has 1 amide bonds. The van der Waals surface area contributed by atoms with E-state index >= 15 is 0 Å². The Bertz CT molecular complexity index is 443. The minimum absolute atomic E-state index is 0.148. The number of rotatable bonds is 7. The average molecular weight is 278 g/mol. The van der Waals surface area contributed by atoms with Crippen LogP contribution in [0.4, 0.5) is 0 Å². The van der Waals surface area contributed by atoms with Gasteiger partial charge in [0.05, 0.1) is 0 Å². The lowest BCUT2D eigenvalue weighted by Crippen LogP contribution is -2.27. The number of carbonyl (C=O) groups excluding carboxylic acids is 1. The van der Waals surface area contributed by atoms with E-state index in [2.05, 4.69) is 40.9 Å². The van der Waals surface area contributed by atoms with Gasteiger partial charge >= 0.3 is 0 Å². The first-order valence-electron chi connectivity index (χ1n) is 7.60. The Hall–Kier alpha value is -1.39. The summed E-state index contributed by atoms with van der Waals surface area (Å²) in [4.78, 5) is 11.7. The van der Waals surface area contributed by atoms with Crippen LogP contribution in [-0.4, -0.2) is 27.2 Å². The summed E-state index contributed by atoms with van der Waals surface area (Å²) in [6, 6.07) is 0. The molecule has 112 valence electrons. The van der Waals surface area contributed by atoms with Crippen LogP contribution in [0.5, 0.6) is 0 Å². The molecule has 0 atom stereocenters. The lowest BCUT2D eigenvalue weighted by Gasteiger charge is -2.17. The third-order valence-corrected chi connectivity index (χ3v) is 3.59. The maximum atomic E-state index is 11.7. The van der Waals surface area contributed by atoms with Crippen molar-refractivity contribution in [3.05, 3.63) is 12.2 Å². The van der Waals surface area contributed by atoms with Crippen molar-refractivity contribution < 1.29 is 4.79 Å². The molecule has 1 aromatic heterocycles. The van der Waals surface area contributed by atoms with Crippen LogP contribution in [0.25, 0.3) is 0 Å². The van der Waals surface area contributed by atoms with Crippen LogP contribution >= 0.6 is 0 Å². The van der Waals surface area contributed by atoms with Crippen LogP contribution < -0.4 is 5.32 Å². The standard InChI is InChI=1S/C15H26N4O/c1-15(2,3)8-4-5-13(20)16-9-10-19-11-17-18-14(19)12-6-7-12/h11-12H,4-10H2,1-3H3,(H,16,20). The number of hydrogen-bond donors (Lipinski definition) is 1. The highest BCUT2D eigenvalue weighted by Gasteiger charge is 2.28. The molecule has 1 aliphatic carbocycles. The molecule has 1 aliphatic rings. The molecule has 0 spiro atoms. The lowest BCUT2D eigenvalue weighted by molar-refractivity contribution is -0.121. The third-order valence-electron chi connectivity index (χ3n) is 3.59. The topological polar surface area (TPSA) is 59.8 Å². The van der Waals surface area contributed by atoms with E-state index < -0.39 is 0 Å².